The fraction of sp³-hybridized carbons (Fsp3) is 0.750. The van der Waals surface area contributed by atoms with E-state index in [2.05, 4.69) is 53.2 Å². The first-order valence-electron chi connectivity index (χ1n) is 13.7. The van der Waals surface area contributed by atoms with Gasteiger partial charge in [-0.05, 0) is 76.3 Å². The Balaban J connectivity index is 1.21. The minimum Gasteiger partial charge on any atom is -0.328 e. The predicted octanol–water partition coefficient (Wildman–Crippen LogP) is 4.79. The summed E-state index contributed by atoms with van der Waals surface area (Å²) in [5, 5.41) is 2.85. The lowest BCUT2D eigenvalue weighted by molar-refractivity contribution is -0.0931. The third kappa shape index (κ3) is 5.08. The van der Waals surface area contributed by atoms with Crippen molar-refractivity contribution < 1.29 is 13.6 Å². The van der Waals surface area contributed by atoms with Gasteiger partial charge in [-0.15, -0.1) is 0 Å². The summed E-state index contributed by atoms with van der Waals surface area (Å²) in [6.45, 7) is 7.67. The average molecular weight is 489 g/mol. The maximum absolute atomic E-state index is 15.2. The smallest absolute Gasteiger partial charge is 0.317 e. The van der Waals surface area contributed by atoms with Crippen LogP contribution in [0.15, 0.2) is 30.3 Å². The molecule has 0 bridgehead atoms. The van der Waals surface area contributed by atoms with E-state index in [9.17, 15) is 4.79 Å². The molecule has 1 unspecified atom stereocenters. The Labute approximate surface area is 209 Å². The van der Waals surface area contributed by atoms with Crippen molar-refractivity contribution in [2.75, 3.05) is 33.2 Å². The summed E-state index contributed by atoms with van der Waals surface area (Å²) in [5.41, 5.74) is 1.38. The molecular weight excluding hydrogens is 446 g/mol. The molecule has 2 amide bonds. The molecule has 1 N–H and O–H groups in total. The quantitative estimate of drug-likeness (QED) is 0.648. The van der Waals surface area contributed by atoms with E-state index in [0.29, 0.717) is 49.7 Å². The summed E-state index contributed by atoms with van der Waals surface area (Å²) < 4.78 is 30.4. The zero-order chi connectivity index (χ0) is 24.7. The van der Waals surface area contributed by atoms with Gasteiger partial charge in [0, 0.05) is 50.7 Å². The number of carbonyl (C=O) groups excluding carboxylic acids is 1. The molecule has 2 aliphatic carbocycles. The predicted molar refractivity (Wildman–Crippen MR) is 135 cm³/mol. The number of nitrogens with one attached hydrogen (secondary N) is 1. The topological polar surface area (TPSA) is 38.8 Å². The van der Waals surface area contributed by atoms with Gasteiger partial charge in [-0.3, -0.25) is 9.80 Å². The molecule has 0 spiro atoms. The summed E-state index contributed by atoms with van der Waals surface area (Å²) in [7, 11) is 1.99. The third-order valence-electron chi connectivity index (χ3n) is 9.46. The molecule has 4 aliphatic rings. The number of urea groups is 1. The van der Waals surface area contributed by atoms with Gasteiger partial charge in [0.2, 0.25) is 0 Å². The minimum atomic E-state index is -2.88. The summed E-state index contributed by atoms with van der Waals surface area (Å²) in [6, 6.07) is 9.60. The average Bonchev–Trinajstić information content (AvgIpc) is 3.55. The Kier molecular flexibility index (Phi) is 7.10. The van der Waals surface area contributed by atoms with E-state index in [1.165, 1.54) is 5.56 Å². The highest BCUT2D eigenvalue weighted by molar-refractivity contribution is 5.75. The van der Waals surface area contributed by atoms with Crippen LogP contribution in [0.25, 0.3) is 0 Å². The molecule has 1 aromatic carbocycles. The Morgan fingerprint density at radius 1 is 1.09 bits per heavy atom. The fourth-order valence-electron chi connectivity index (χ4n) is 7.32. The van der Waals surface area contributed by atoms with Crippen molar-refractivity contribution in [1.82, 2.24) is 20.0 Å². The highest BCUT2D eigenvalue weighted by Gasteiger charge is 2.51. The summed E-state index contributed by atoms with van der Waals surface area (Å²) >= 11 is 0. The second-order valence-electron chi connectivity index (χ2n) is 11.8. The van der Waals surface area contributed by atoms with Crippen LogP contribution in [0, 0.1) is 11.8 Å². The van der Waals surface area contributed by atoms with E-state index < -0.39 is 12.0 Å². The van der Waals surface area contributed by atoms with Gasteiger partial charge in [0.1, 0.15) is 6.04 Å². The van der Waals surface area contributed by atoms with E-state index in [0.717, 1.165) is 32.4 Å². The van der Waals surface area contributed by atoms with Gasteiger partial charge in [0.25, 0.3) is 5.92 Å². The monoisotopic (exact) mass is 488 g/mol. The number of likely N-dealkylation sites (N-methyl/N-ethyl adjacent to an activating group) is 1. The molecule has 35 heavy (non-hydrogen) atoms. The Morgan fingerprint density at radius 3 is 2.40 bits per heavy atom. The number of rotatable bonds is 5. The maximum atomic E-state index is 15.2. The first kappa shape index (κ1) is 24.9. The Hall–Kier alpha value is -1.73. The molecule has 5 nitrogen and oxygen atoms in total. The molecule has 1 aromatic rings. The van der Waals surface area contributed by atoms with Gasteiger partial charge in [-0.1, -0.05) is 30.3 Å². The number of alkyl halides is 2. The number of amides is 2. The van der Waals surface area contributed by atoms with Crippen molar-refractivity contribution in [1.29, 1.82) is 0 Å². The van der Waals surface area contributed by atoms with Gasteiger partial charge in [0.15, 0.2) is 0 Å². The number of benzene rings is 1. The van der Waals surface area contributed by atoms with Crippen LogP contribution in [0.5, 0.6) is 0 Å². The second-order valence-corrected chi connectivity index (χ2v) is 11.8. The van der Waals surface area contributed by atoms with Gasteiger partial charge in [-0.25, -0.2) is 13.6 Å². The van der Waals surface area contributed by atoms with E-state index in [1.54, 1.807) is 0 Å². The van der Waals surface area contributed by atoms with Crippen molar-refractivity contribution in [3.63, 3.8) is 0 Å². The van der Waals surface area contributed by atoms with Crippen LogP contribution >= 0.6 is 0 Å². The number of nitrogens with zero attached hydrogens (tertiary/aromatic N) is 3. The van der Waals surface area contributed by atoms with Crippen molar-refractivity contribution >= 4 is 6.03 Å². The molecule has 2 saturated carbocycles. The largest absolute Gasteiger partial charge is 0.328 e. The van der Waals surface area contributed by atoms with E-state index in [4.69, 9.17) is 0 Å². The summed E-state index contributed by atoms with van der Waals surface area (Å²) in [6.07, 6.45) is 4.22. The van der Waals surface area contributed by atoms with Gasteiger partial charge in [-0.2, -0.15) is 0 Å². The SMILES string of the molecule is CC(C)N1CC[C@H](N(C)[C@H]2CCCC(F)(F)[C@@H]2NC(=O)N2C[C@H]3CC(c4ccccc4)C[C@H]3C2)C1. The van der Waals surface area contributed by atoms with Crippen LogP contribution in [0.4, 0.5) is 13.6 Å². The lowest BCUT2D eigenvalue weighted by atomic mass is 9.85. The number of fused-ring (bicyclic) bond motifs is 1. The lowest BCUT2D eigenvalue weighted by Gasteiger charge is -2.45. The summed E-state index contributed by atoms with van der Waals surface area (Å²) in [4.78, 5) is 19.7. The number of hydrogen-bond donors (Lipinski definition) is 1. The van der Waals surface area contributed by atoms with Crippen LogP contribution in [0.2, 0.25) is 0 Å². The molecule has 194 valence electrons. The Morgan fingerprint density at radius 2 is 1.77 bits per heavy atom. The fourth-order valence-corrected chi connectivity index (χ4v) is 7.32. The molecule has 7 heteroatoms. The van der Waals surface area contributed by atoms with E-state index in [1.807, 2.05) is 18.0 Å². The highest BCUT2D eigenvalue weighted by Crippen LogP contribution is 2.46. The van der Waals surface area contributed by atoms with Crippen LogP contribution in [0.1, 0.15) is 63.9 Å². The molecule has 2 aliphatic heterocycles. The molecule has 0 aromatic heterocycles. The molecule has 6 atom stereocenters. The number of halogens is 2. The minimum absolute atomic E-state index is 0.144. The van der Waals surface area contributed by atoms with Gasteiger partial charge >= 0.3 is 6.03 Å². The van der Waals surface area contributed by atoms with Gasteiger partial charge in [0.05, 0.1) is 0 Å². The second kappa shape index (κ2) is 9.97. The number of likely N-dealkylation sites (tertiary alicyclic amines) is 2. The molecular formula is C28H42F2N4O. The van der Waals surface area contributed by atoms with Crippen molar-refractivity contribution in [2.24, 2.45) is 11.8 Å². The van der Waals surface area contributed by atoms with Crippen molar-refractivity contribution in [3.05, 3.63) is 35.9 Å². The molecule has 2 saturated heterocycles. The van der Waals surface area contributed by atoms with Crippen molar-refractivity contribution in [2.45, 2.75) is 88.4 Å². The normalized spacial score (nSPS) is 35.1. The molecule has 0 radical (unpaired) electrons. The van der Waals surface area contributed by atoms with Gasteiger partial charge < -0.3 is 10.2 Å². The van der Waals surface area contributed by atoms with E-state index in [-0.39, 0.29) is 24.5 Å². The third-order valence-corrected chi connectivity index (χ3v) is 9.46. The number of carbonyl (C=O) groups is 1. The lowest BCUT2D eigenvalue weighted by Crippen LogP contribution is -2.64. The zero-order valence-corrected chi connectivity index (χ0v) is 21.5. The van der Waals surface area contributed by atoms with Crippen molar-refractivity contribution in [3.8, 4) is 0 Å². The molecule has 5 rings (SSSR count). The maximum Gasteiger partial charge on any atom is 0.317 e. The molecule has 2 heterocycles. The summed E-state index contributed by atoms with van der Waals surface area (Å²) in [5.74, 6) is -1.39. The first-order valence-corrected chi connectivity index (χ1v) is 13.7. The number of hydrogen-bond acceptors (Lipinski definition) is 3. The Bertz CT molecular complexity index is 867. The standard InChI is InChI=1S/C28H42F2N4O/c1-19(2)33-13-11-24(18-33)32(3)25-10-7-12-28(29,30)26(25)31-27(35)34-16-22-14-21(15-23(22)17-34)20-8-5-4-6-9-20/h4-6,8-9,19,21-26H,7,10-18H2,1-3H3,(H,31,35)/t21?,22-,23+,24-,25-,26+/m0/s1. The highest BCUT2D eigenvalue weighted by atomic mass is 19.3. The van der Waals surface area contributed by atoms with Crippen LogP contribution in [-0.4, -0.2) is 84.0 Å². The first-order chi connectivity index (χ1) is 16.7. The molecule has 4 fully saturated rings. The van der Waals surface area contributed by atoms with E-state index >= 15 is 8.78 Å². The zero-order valence-electron chi connectivity index (χ0n) is 21.5. The van der Waals surface area contributed by atoms with Crippen LogP contribution < -0.4 is 5.32 Å². The van der Waals surface area contributed by atoms with Crippen LogP contribution in [-0.2, 0) is 0 Å². The van der Waals surface area contributed by atoms with Crippen LogP contribution in [0.3, 0.4) is 0 Å².